The molecule has 35 heavy (non-hydrogen) atoms. The summed E-state index contributed by atoms with van der Waals surface area (Å²) in [6.45, 7) is 7.78. The van der Waals surface area contributed by atoms with Crippen LogP contribution in [0.15, 0.2) is 53.4 Å². The second-order valence-corrected chi connectivity index (χ2v) is 11.6. The Kier molecular flexibility index (Phi) is 8.35. The summed E-state index contributed by atoms with van der Waals surface area (Å²) in [6, 6.07) is 14.1. The first-order valence-corrected chi connectivity index (χ1v) is 13.5. The lowest BCUT2D eigenvalue weighted by atomic mass is 9.91. The topological polar surface area (TPSA) is 49.8 Å². The number of thioether (sulfide) groups is 1. The van der Waals surface area contributed by atoms with Crippen LogP contribution >= 0.6 is 11.8 Å². The zero-order chi connectivity index (χ0) is 25.0. The molecule has 1 fully saturated rings. The molecule has 0 aromatic heterocycles. The van der Waals surface area contributed by atoms with Crippen LogP contribution < -0.4 is 4.74 Å². The first-order valence-electron chi connectivity index (χ1n) is 12.5. The SMILES string of the molecule is CC(C)(C)C(=O)Oc1ccc2c(c1)SCCC=C2c1ccc(C(O)C2CCN(CCCF)C2)cc1. The van der Waals surface area contributed by atoms with E-state index >= 15 is 0 Å². The summed E-state index contributed by atoms with van der Waals surface area (Å²) in [5, 5.41) is 11.0. The molecular formula is C29H36FNO3S. The van der Waals surface area contributed by atoms with Crippen LogP contribution in [0.1, 0.15) is 62.8 Å². The summed E-state index contributed by atoms with van der Waals surface area (Å²) in [6.07, 6.45) is 4.21. The molecule has 1 N–H and O–H groups in total. The van der Waals surface area contributed by atoms with Crippen LogP contribution in [0, 0.1) is 11.3 Å². The van der Waals surface area contributed by atoms with Gasteiger partial charge in [-0.3, -0.25) is 9.18 Å². The van der Waals surface area contributed by atoms with Gasteiger partial charge in [0.05, 0.1) is 18.2 Å². The average Bonchev–Trinajstić information content (AvgIpc) is 3.21. The number of aliphatic hydroxyl groups excluding tert-OH is 1. The third kappa shape index (κ3) is 6.35. The molecule has 2 aliphatic rings. The minimum atomic E-state index is -0.553. The number of allylic oxidation sites excluding steroid dienone is 1. The van der Waals surface area contributed by atoms with E-state index in [2.05, 4.69) is 23.1 Å². The number of carbonyl (C=O) groups is 1. The lowest BCUT2D eigenvalue weighted by Gasteiger charge is -2.20. The molecule has 6 heteroatoms. The molecule has 0 amide bonds. The Morgan fingerprint density at radius 1 is 1.23 bits per heavy atom. The predicted octanol–water partition coefficient (Wildman–Crippen LogP) is 6.28. The molecule has 4 rings (SSSR count). The number of fused-ring (bicyclic) bond motifs is 1. The number of carbonyl (C=O) groups excluding carboxylic acids is 1. The number of hydrogen-bond acceptors (Lipinski definition) is 5. The molecule has 0 radical (unpaired) electrons. The first-order chi connectivity index (χ1) is 16.8. The smallest absolute Gasteiger partial charge is 0.316 e. The molecule has 0 spiro atoms. The van der Waals surface area contributed by atoms with Crippen molar-refractivity contribution in [2.45, 2.75) is 51.0 Å². The zero-order valence-corrected chi connectivity index (χ0v) is 21.7. The molecule has 2 atom stereocenters. The van der Waals surface area contributed by atoms with Gasteiger partial charge in [-0.25, -0.2) is 0 Å². The number of esters is 1. The van der Waals surface area contributed by atoms with Crippen LogP contribution in [0.2, 0.25) is 0 Å². The van der Waals surface area contributed by atoms with E-state index in [1.54, 1.807) is 11.8 Å². The summed E-state index contributed by atoms with van der Waals surface area (Å²) in [7, 11) is 0. The number of halogens is 1. The summed E-state index contributed by atoms with van der Waals surface area (Å²) in [5.74, 6) is 1.48. The molecule has 2 aliphatic heterocycles. The van der Waals surface area contributed by atoms with E-state index in [9.17, 15) is 14.3 Å². The Hall–Kier alpha value is -2.15. The zero-order valence-electron chi connectivity index (χ0n) is 20.9. The van der Waals surface area contributed by atoms with Crippen molar-refractivity contribution in [2.75, 3.05) is 32.1 Å². The van der Waals surface area contributed by atoms with E-state index in [0.29, 0.717) is 12.2 Å². The lowest BCUT2D eigenvalue weighted by Crippen LogP contribution is -2.25. The third-order valence-corrected chi connectivity index (χ3v) is 7.81. The molecule has 0 aliphatic carbocycles. The molecular weight excluding hydrogens is 461 g/mol. The Balaban J connectivity index is 1.49. The molecule has 0 saturated carbocycles. The Bertz CT molecular complexity index is 1060. The molecule has 0 bridgehead atoms. The predicted molar refractivity (Wildman–Crippen MR) is 140 cm³/mol. The van der Waals surface area contributed by atoms with Crippen molar-refractivity contribution in [3.8, 4) is 5.75 Å². The summed E-state index contributed by atoms with van der Waals surface area (Å²) >= 11 is 1.78. The van der Waals surface area contributed by atoms with E-state index in [1.165, 1.54) is 0 Å². The van der Waals surface area contributed by atoms with Crippen LogP contribution in [0.3, 0.4) is 0 Å². The molecule has 2 aromatic carbocycles. The number of alkyl halides is 1. The maximum atomic E-state index is 12.5. The maximum Gasteiger partial charge on any atom is 0.316 e. The van der Waals surface area contributed by atoms with Gasteiger partial charge in [-0.05, 0) is 87.0 Å². The summed E-state index contributed by atoms with van der Waals surface area (Å²) in [4.78, 5) is 15.7. The van der Waals surface area contributed by atoms with Crippen molar-refractivity contribution in [1.29, 1.82) is 0 Å². The number of hydrogen-bond donors (Lipinski definition) is 1. The number of benzene rings is 2. The first kappa shape index (κ1) is 25.9. The number of ether oxygens (including phenoxy) is 1. The summed E-state index contributed by atoms with van der Waals surface area (Å²) < 4.78 is 18.1. The van der Waals surface area contributed by atoms with Gasteiger partial charge in [0.1, 0.15) is 5.75 Å². The molecule has 4 nitrogen and oxygen atoms in total. The fourth-order valence-corrected chi connectivity index (χ4v) is 5.65. The Morgan fingerprint density at radius 3 is 2.71 bits per heavy atom. The van der Waals surface area contributed by atoms with E-state index < -0.39 is 11.5 Å². The number of likely N-dealkylation sites (tertiary alicyclic amines) is 1. The summed E-state index contributed by atoms with van der Waals surface area (Å²) in [5.41, 5.74) is 3.79. The standard InChI is InChI=1S/C29H36FNO3S/c1-29(2,3)28(33)34-23-11-12-25-24(6-4-17-35-26(25)18-23)20-7-9-21(10-8-20)27(32)22-13-16-31(19-22)15-5-14-30/h6-12,18,22,27,32H,4-5,13-17,19H2,1-3H3. The van der Waals surface area contributed by atoms with Gasteiger partial charge in [0.15, 0.2) is 0 Å². The molecule has 2 unspecified atom stereocenters. The Labute approximate surface area is 212 Å². The minimum Gasteiger partial charge on any atom is -0.426 e. The van der Waals surface area contributed by atoms with Gasteiger partial charge in [-0.2, -0.15) is 0 Å². The van der Waals surface area contributed by atoms with Crippen molar-refractivity contribution < 1.29 is 19.0 Å². The average molecular weight is 498 g/mol. The monoisotopic (exact) mass is 497 g/mol. The quantitative estimate of drug-likeness (QED) is 0.360. The van der Waals surface area contributed by atoms with E-state index in [0.717, 1.165) is 65.4 Å². The molecule has 2 heterocycles. The van der Waals surface area contributed by atoms with Crippen LogP contribution in [0.5, 0.6) is 5.75 Å². The van der Waals surface area contributed by atoms with Crippen molar-refractivity contribution in [3.63, 3.8) is 0 Å². The fourth-order valence-electron chi connectivity index (χ4n) is 4.66. The van der Waals surface area contributed by atoms with Gasteiger partial charge >= 0.3 is 5.97 Å². The molecule has 188 valence electrons. The van der Waals surface area contributed by atoms with Crippen molar-refractivity contribution >= 4 is 23.3 Å². The van der Waals surface area contributed by atoms with E-state index in [-0.39, 0.29) is 18.6 Å². The number of aliphatic hydroxyl groups is 1. The van der Waals surface area contributed by atoms with E-state index in [1.807, 2.05) is 51.1 Å². The second-order valence-electron chi connectivity index (χ2n) is 10.5. The van der Waals surface area contributed by atoms with Crippen LogP contribution in [0.4, 0.5) is 4.39 Å². The fraction of sp³-hybridized carbons (Fsp3) is 0.483. The number of rotatable bonds is 7. The highest BCUT2D eigenvalue weighted by molar-refractivity contribution is 7.99. The third-order valence-electron chi connectivity index (χ3n) is 6.72. The van der Waals surface area contributed by atoms with Gasteiger partial charge in [-0.1, -0.05) is 30.3 Å². The van der Waals surface area contributed by atoms with Crippen molar-refractivity contribution in [2.24, 2.45) is 11.3 Å². The molecule has 1 saturated heterocycles. The van der Waals surface area contributed by atoms with Gasteiger partial charge in [0, 0.05) is 29.7 Å². The van der Waals surface area contributed by atoms with Crippen molar-refractivity contribution in [3.05, 3.63) is 65.2 Å². The normalized spacial score (nSPS) is 19.6. The van der Waals surface area contributed by atoms with Crippen LogP contribution in [-0.2, 0) is 4.79 Å². The maximum absolute atomic E-state index is 12.5. The van der Waals surface area contributed by atoms with E-state index in [4.69, 9.17) is 4.74 Å². The lowest BCUT2D eigenvalue weighted by molar-refractivity contribution is -0.143. The van der Waals surface area contributed by atoms with Gasteiger partial charge < -0.3 is 14.7 Å². The minimum absolute atomic E-state index is 0.184. The van der Waals surface area contributed by atoms with Crippen LogP contribution in [-0.4, -0.2) is 48.0 Å². The van der Waals surface area contributed by atoms with Gasteiger partial charge in [0.25, 0.3) is 0 Å². The Morgan fingerprint density at radius 2 is 2.00 bits per heavy atom. The van der Waals surface area contributed by atoms with Crippen LogP contribution in [0.25, 0.3) is 5.57 Å². The van der Waals surface area contributed by atoms with Gasteiger partial charge in [0.2, 0.25) is 0 Å². The molecule has 2 aromatic rings. The largest absolute Gasteiger partial charge is 0.426 e. The highest BCUT2D eigenvalue weighted by Gasteiger charge is 2.29. The second kappa shape index (κ2) is 11.3. The highest BCUT2D eigenvalue weighted by atomic mass is 32.2. The number of nitrogens with zero attached hydrogens (tertiary/aromatic N) is 1. The van der Waals surface area contributed by atoms with Gasteiger partial charge in [-0.15, -0.1) is 11.8 Å². The van der Waals surface area contributed by atoms with Crippen molar-refractivity contribution in [1.82, 2.24) is 4.90 Å². The highest BCUT2D eigenvalue weighted by Crippen LogP contribution is 2.39.